The number of nitrogens with zero attached hydrogens (tertiary/aromatic N) is 2. The van der Waals surface area contributed by atoms with Crippen molar-refractivity contribution in [2.24, 2.45) is 4.99 Å². The van der Waals surface area contributed by atoms with E-state index >= 15 is 0 Å². The topological polar surface area (TPSA) is 73.8 Å². The molecule has 0 bridgehead atoms. The third-order valence-corrected chi connectivity index (χ3v) is 4.64. The van der Waals surface area contributed by atoms with E-state index < -0.39 is 9.84 Å². The Hall–Kier alpha value is -1.76. The summed E-state index contributed by atoms with van der Waals surface area (Å²) in [5.41, 5.74) is 1.24. The highest BCUT2D eigenvalue weighted by Crippen LogP contribution is 2.12. The molecule has 0 radical (unpaired) electrons. The van der Waals surface area contributed by atoms with Crippen molar-refractivity contribution in [1.82, 2.24) is 10.6 Å². The third kappa shape index (κ3) is 8.76. The van der Waals surface area contributed by atoms with Crippen LogP contribution in [0.15, 0.2) is 35.3 Å². The van der Waals surface area contributed by atoms with Gasteiger partial charge in [-0.2, -0.15) is 0 Å². The maximum absolute atomic E-state index is 11.1. The number of aliphatic imine (C=N–C) groups is 1. The van der Waals surface area contributed by atoms with Crippen LogP contribution in [-0.2, 0) is 9.84 Å². The van der Waals surface area contributed by atoms with E-state index in [4.69, 9.17) is 0 Å². The van der Waals surface area contributed by atoms with Gasteiger partial charge in [-0.25, -0.2) is 8.42 Å². The van der Waals surface area contributed by atoms with Crippen LogP contribution in [0.3, 0.4) is 0 Å². The summed E-state index contributed by atoms with van der Waals surface area (Å²) < 4.78 is 22.2. The molecule has 1 aromatic rings. The standard InChI is InChI=1S/C17H30N4O2S/c1-4-21(16-10-6-5-7-11-16)14-8-12-19-17(18-2)20-13-9-15-24(3,22)23/h5-7,10-11H,4,8-9,12-15H2,1-3H3,(H2,18,19,20). The number of nitrogens with one attached hydrogen (secondary N) is 2. The first-order chi connectivity index (χ1) is 11.5. The second-order valence-corrected chi connectivity index (χ2v) is 7.94. The molecular weight excluding hydrogens is 324 g/mol. The molecule has 6 nitrogen and oxygen atoms in total. The molecule has 0 saturated carbocycles. The molecule has 0 spiro atoms. The Balaban J connectivity index is 2.24. The van der Waals surface area contributed by atoms with E-state index in [-0.39, 0.29) is 5.75 Å². The summed E-state index contributed by atoms with van der Waals surface area (Å²) in [5, 5.41) is 6.40. The molecule has 0 aromatic heterocycles. The molecule has 1 aromatic carbocycles. The lowest BCUT2D eigenvalue weighted by Crippen LogP contribution is -2.39. The van der Waals surface area contributed by atoms with Gasteiger partial charge in [0.25, 0.3) is 0 Å². The minimum absolute atomic E-state index is 0.194. The zero-order valence-electron chi connectivity index (χ0n) is 15.0. The van der Waals surface area contributed by atoms with Gasteiger partial charge in [0.1, 0.15) is 9.84 Å². The SMILES string of the molecule is CCN(CCCNC(=NC)NCCCS(C)(=O)=O)c1ccccc1. The molecule has 136 valence electrons. The van der Waals surface area contributed by atoms with Crippen molar-refractivity contribution in [2.75, 3.05) is 50.1 Å². The van der Waals surface area contributed by atoms with Crippen LogP contribution in [0.25, 0.3) is 0 Å². The van der Waals surface area contributed by atoms with Crippen molar-refractivity contribution in [3.63, 3.8) is 0 Å². The summed E-state index contributed by atoms with van der Waals surface area (Å²) in [6.07, 6.45) is 2.83. The van der Waals surface area contributed by atoms with Crippen LogP contribution in [0.4, 0.5) is 5.69 Å². The van der Waals surface area contributed by atoms with Gasteiger partial charge in [0.2, 0.25) is 0 Å². The van der Waals surface area contributed by atoms with E-state index in [2.05, 4.69) is 51.7 Å². The van der Waals surface area contributed by atoms with Crippen molar-refractivity contribution in [3.05, 3.63) is 30.3 Å². The molecule has 2 N–H and O–H groups in total. The lowest BCUT2D eigenvalue weighted by Gasteiger charge is -2.23. The van der Waals surface area contributed by atoms with Crippen LogP contribution in [-0.4, -0.2) is 59.6 Å². The van der Waals surface area contributed by atoms with Crippen LogP contribution in [0.2, 0.25) is 0 Å². The molecule has 0 amide bonds. The van der Waals surface area contributed by atoms with Gasteiger partial charge >= 0.3 is 0 Å². The van der Waals surface area contributed by atoms with Gasteiger partial charge in [-0.05, 0) is 31.9 Å². The van der Waals surface area contributed by atoms with Crippen LogP contribution >= 0.6 is 0 Å². The Morgan fingerprint density at radius 1 is 1.12 bits per heavy atom. The summed E-state index contributed by atoms with van der Waals surface area (Å²) in [6.45, 7) is 5.51. The number of guanidine groups is 1. The third-order valence-electron chi connectivity index (χ3n) is 3.61. The molecule has 24 heavy (non-hydrogen) atoms. The summed E-state index contributed by atoms with van der Waals surface area (Å²) in [4.78, 5) is 6.49. The van der Waals surface area contributed by atoms with Crippen LogP contribution in [0, 0.1) is 0 Å². The molecule has 0 unspecified atom stereocenters. The van der Waals surface area contributed by atoms with Crippen molar-refractivity contribution < 1.29 is 8.42 Å². The highest BCUT2D eigenvalue weighted by Gasteiger charge is 2.04. The largest absolute Gasteiger partial charge is 0.372 e. The monoisotopic (exact) mass is 354 g/mol. The molecule has 0 saturated heterocycles. The Kier molecular flexibility index (Phi) is 9.22. The van der Waals surface area contributed by atoms with Gasteiger partial charge < -0.3 is 15.5 Å². The van der Waals surface area contributed by atoms with Gasteiger partial charge in [0.05, 0.1) is 5.75 Å². The van der Waals surface area contributed by atoms with E-state index in [0.29, 0.717) is 18.9 Å². The lowest BCUT2D eigenvalue weighted by atomic mass is 10.2. The minimum atomic E-state index is -2.89. The number of benzene rings is 1. The van der Waals surface area contributed by atoms with E-state index in [9.17, 15) is 8.42 Å². The molecule has 7 heteroatoms. The molecule has 0 aliphatic heterocycles. The average Bonchev–Trinajstić information content (AvgIpc) is 2.56. The average molecular weight is 355 g/mol. The van der Waals surface area contributed by atoms with E-state index in [1.165, 1.54) is 11.9 Å². The smallest absolute Gasteiger partial charge is 0.190 e. The molecule has 0 aliphatic rings. The highest BCUT2D eigenvalue weighted by atomic mass is 32.2. The second kappa shape index (κ2) is 10.9. The van der Waals surface area contributed by atoms with E-state index in [1.807, 2.05) is 6.07 Å². The van der Waals surface area contributed by atoms with Gasteiger partial charge in [-0.1, -0.05) is 18.2 Å². The van der Waals surface area contributed by atoms with Crippen molar-refractivity contribution >= 4 is 21.5 Å². The zero-order chi connectivity index (χ0) is 17.8. The molecule has 0 atom stereocenters. The summed E-state index contributed by atoms with van der Waals surface area (Å²) in [5.74, 6) is 0.908. The Labute approximate surface area is 146 Å². The maximum atomic E-state index is 11.1. The molecule has 0 heterocycles. The maximum Gasteiger partial charge on any atom is 0.190 e. The zero-order valence-corrected chi connectivity index (χ0v) is 15.8. The predicted octanol–water partition coefficient (Wildman–Crippen LogP) is 1.50. The molecule has 0 aliphatic carbocycles. The van der Waals surface area contributed by atoms with E-state index in [0.717, 1.165) is 26.1 Å². The van der Waals surface area contributed by atoms with Crippen molar-refractivity contribution in [2.45, 2.75) is 19.8 Å². The fraction of sp³-hybridized carbons (Fsp3) is 0.588. The first kappa shape index (κ1) is 20.3. The number of sulfone groups is 1. The highest BCUT2D eigenvalue weighted by molar-refractivity contribution is 7.90. The Bertz CT molecular complexity index is 588. The summed E-state index contributed by atoms with van der Waals surface area (Å²) in [7, 11) is -1.18. The minimum Gasteiger partial charge on any atom is -0.372 e. The van der Waals surface area contributed by atoms with Crippen LogP contribution in [0.5, 0.6) is 0 Å². The molecule has 0 fully saturated rings. The first-order valence-electron chi connectivity index (χ1n) is 8.38. The lowest BCUT2D eigenvalue weighted by molar-refractivity contribution is 0.598. The van der Waals surface area contributed by atoms with Crippen LogP contribution in [0.1, 0.15) is 19.8 Å². The van der Waals surface area contributed by atoms with E-state index in [1.54, 1.807) is 7.05 Å². The molecular formula is C17H30N4O2S. The van der Waals surface area contributed by atoms with Gasteiger partial charge in [0, 0.05) is 45.2 Å². The Morgan fingerprint density at radius 2 is 1.75 bits per heavy atom. The fourth-order valence-electron chi connectivity index (χ4n) is 2.35. The fourth-order valence-corrected chi connectivity index (χ4v) is 3.02. The summed E-state index contributed by atoms with van der Waals surface area (Å²) >= 11 is 0. The summed E-state index contributed by atoms with van der Waals surface area (Å²) in [6, 6.07) is 10.4. The number of rotatable bonds is 10. The van der Waals surface area contributed by atoms with Gasteiger partial charge in [-0.15, -0.1) is 0 Å². The van der Waals surface area contributed by atoms with Crippen molar-refractivity contribution in [1.29, 1.82) is 0 Å². The first-order valence-corrected chi connectivity index (χ1v) is 10.4. The number of hydrogen-bond acceptors (Lipinski definition) is 4. The van der Waals surface area contributed by atoms with Crippen LogP contribution < -0.4 is 15.5 Å². The number of hydrogen-bond donors (Lipinski definition) is 2. The second-order valence-electron chi connectivity index (χ2n) is 5.68. The normalized spacial score (nSPS) is 12.0. The Morgan fingerprint density at radius 3 is 2.29 bits per heavy atom. The van der Waals surface area contributed by atoms with Crippen molar-refractivity contribution in [3.8, 4) is 0 Å². The number of anilines is 1. The van der Waals surface area contributed by atoms with Gasteiger partial charge in [-0.3, -0.25) is 4.99 Å². The van der Waals surface area contributed by atoms with Gasteiger partial charge in [0.15, 0.2) is 5.96 Å². The number of para-hydroxylation sites is 1. The predicted molar refractivity (Wildman–Crippen MR) is 103 cm³/mol. The molecule has 1 rings (SSSR count). The quantitative estimate of drug-likeness (QED) is 0.378.